The molecule has 0 aliphatic carbocycles. The van der Waals surface area contributed by atoms with Gasteiger partial charge in [-0.1, -0.05) is 23.4 Å². The van der Waals surface area contributed by atoms with E-state index in [-0.39, 0.29) is 0 Å². The molecule has 2 aromatic rings. The van der Waals surface area contributed by atoms with Crippen molar-refractivity contribution in [3.05, 3.63) is 41.2 Å². The van der Waals surface area contributed by atoms with Gasteiger partial charge in [-0.15, -0.1) is 0 Å². The highest BCUT2D eigenvalue weighted by Crippen LogP contribution is 2.28. The normalized spacial score (nSPS) is 10.6. The van der Waals surface area contributed by atoms with Crippen molar-refractivity contribution in [3.63, 3.8) is 0 Å². The summed E-state index contributed by atoms with van der Waals surface area (Å²) in [7, 11) is 1.98. The summed E-state index contributed by atoms with van der Waals surface area (Å²) in [6.07, 6.45) is 3.73. The number of hydrogen-bond acceptors (Lipinski definition) is 2. The van der Waals surface area contributed by atoms with Crippen molar-refractivity contribution >= 4 is 23.4 Å². The Labute approximate surface area is 98.3 Å². The van der Waals surface area contributed by atoms with Crippen LogP contribution in [-0.4, -0.2) is 9.55 Å². The van der Waals surface area contributed by atoms with E-state index < -0.39 is 0 Å². The first-order valence-corrected chi connectivity index (χ1v) is 5.77. The Balaban J connectivity index is 2.25. The van der Waals surface area contributed by atoms with Crippen LogP contribution in [0.3, 0.4) is 0 Å². The van der Waals surface area contributed by atoms with Gasteiger partial charge in [-0.05, 0) is 30.7 Å². The van der Waals surface area contributed by atoms with Crippen molar-refractivity contribution in [2.24, 2.45) is 7.05 Å². The van der Waals surface area contributed by atoms with Gasteiger partial charge in [0, 0.05) is 29.4 Å². The number of imidazole rings is 1. The van der Waals surface area contributed by atoms with Gasteiger partial charge < -0.3 is 4.57 Å². The van der Waals surface area contributed by atoms with E-state index >= 15 is 0 Å². The molecule has 0 amide bonds. The molecule has 1 heterocycles. The van der Waals surface area contributed by atoms with Crippen LogP contribution in [0.15, 0.2) is 40.6 Å². The number of aryl methyl sites for hydroxylation is 2. The summed E-state index contributed by atoms with van der Waals surface area (Å²) in [5, 5.41) is 1.79. The van der Waals surface area contributed by atoms with Crippen LogP contribution in [0, 0.1) is 6.92 Å². The molecule has 0 aliphatic heterocycles. The molecule has 0 fully saturated rings. The van der Waals surface area contributed by atoms with Gasteiger partial charge in [-0.25, -0.2) is 4.98 Å². The molecule has 1 aromatic heterocycles. The summed E-state index contributed by atoms with van der Waals surface area (Å²) in [5.41, 5.74) is 1.09. The first-order valence-electron chi connectivity index (χ1n) is 4.58. The Kier molecular flexibility index (Phi) is 3.03. The third-order valence-electron chi connectivity index (χ3n) is 2.12. The van der Waals surface area contributed by atoms with Crippen molar-refractivity contribution in [1.82, 2.24) is 9.55 Å². The van der Waals surface area contributed by atoms with Gasteiger partial charge in [0.15, 0.2) is 5.16 Å². The van der Waals surface area contributed by atoms with Gasteiger partial charge in [-0.2, -0.15) is 0 Å². The highest BCUT2D eigenvalue weighted by atomic mass is 35.5. The number of nitrogens with zero attached hydrogens (tertiary/aromatic N) is 2. The van der Waals surface area contributed by atoms with Gasteiger partial charge in [-0.3, -0.25) is 0 Å². The molecule has 0 saturated heterocycles. The summed E-state index contributed by atoms with van der Waals surface area (Å²) in [5.74, 6) is 0. The second-order valence-corrected chi connectivity index (χ2v) is 4.78. The van der Waals surface area contributed by atoms with E-state index in [1.165, 1.54) is 0 Å². The van der Waals surface area contributed by atoms with E-state index in [4.69, 9.17) is 11.6 Å². The van der Waals surface area contributed by atoms with Gasteiger partial charge in [0.1, 0.15) is 0 Å². The van der Waals surface area contributed by atoms with Crippen LogP contribution in [0.25, 0.3) is 0 Å². The van der Waals surface area contributed by atoms with Crippen molar-refractivity contribution in [2.75, 3.05) is 0 Å². The Hall–Kier alpha value is -0.930. The first-order chi connectivity index (χ1) is 7.16. The average Bonchev–Trinajstić information content (AvgIpc) is 2.59. The van der Waals surface area contributed by atoms with Crippen LogP contribution in [0.4, 0.5) is 0 Å². The Morgan fingerprint density at radius 2 is 2.20 bits per heavy atom. The van der Waals surface area contributed by atoms with E-state index in [9.17, 15) is 0 Å². The number of hydrogen-bond donors (Lipinski definition) is 0. The molecule has 0 unspecified atom stereocenters. The topological polar surface area (TPSA) is 17.8 Å². The predicted octanol–water partition coefficient (Wildman–Crippen LogP) is 3.53. The van der Waals surface area contributed by atoms with Crippen LogP contribution < -0.4 is 0 Å². The SMILES string of the molecule is Cc1cc(Sc2nccn2C)ccc1Cl. The van der Waals surface area contributed by atoms with E-state index in [2.05, 4.69) is 11.1 Å². The lowest BCUT2D eigenvalue weighted by atomic mass is 10.2. The van der Waals surface area contributed by atoms with Crippen molar-refractivity contribution < 1.29 is 0 Å². The molecule has 15 heavy (non-hydrogen) atoms. The lowest BCUT2D eigenvalue weighted by Gasteiger charge is -2.03. The quantitative estimate of drug-likeness (QED) is 0.797. The molecule has 0 saturated carbocycles. The number of halogens is 1. The van der Waals surface area contributed by atoms with Crippen LogP contribution in [0.5, 0.6) is 0 Å². The second kappa shape index (κ2) is 4.29. The molecular formula is C11H11ClN2S. The minimum atomic E-state index is 0.805. The zero-order chi connectivity index (χ0) is 10.8. The van der Waals surface area contributed by atoms with Crippen molar-refractivity contribution in [2.45, 2.75) is 17.0 Å². The molecule has 0 aliphatic rings. The molecule has 2 nitrogen and oxygen atoms in total. The molecular weight excluding hydrogens is 228 g/mol. The fourth-order valence-corrected chi connectivity index (χ4v) is 2.25. The maximum atomic E-state index is 5.96. The maximum Gasteiger partial charge on any atom is 0.172 e. The minimum absolute atomic E-state index is 0.805. The Morgan fingerprint density at radius 1 is 1.40 bits per heavy atom. The third kappa shape index (κ3) is 2.36. The summed E-state index contributed by atoms with van der Waals surface area (Å²) < 4.78 is 1.99. The molecule has 0 radical (unpaired) electrons. The molecule has 78 valence electrons. The molecule has 1 aromatic carbocycles. The van der Waals surface area contributed by atoms with Gasteiger partial charge in [0.05, 0.1) is 0 Å². The summed E-state index contributed by atoms with van der Waals surface area (Å²) in [4.78, 5) is 5.41. The van der Waals surface area contributed by atoms with Crippen molar-refractivity contribution in [1.29, 1.82) is 0 Å². The molecule has 0 N–H and O–H groups in total. The Bertz CT molecular complexity index is 479. The largest absolute Gasteiger partial charge is 0.329 e. The van der Waals surface area contributed by atoms with Crippen LogP contribution in [-0.2, 0) is 7.05 Å². The standard InChI is InChI=1S/C11H11ClN2S/c1-8-7-9(3-4-10(8)12)15-11-13-5-6-14(11)2/h3-7H,1-2H3. The van der Waals surface area contributed by atoms with Gasteiger partial charge in [0.25, 0.3) is 0 Å². The fourth-order valence-electron chi connectivity index (χ4n) is 1.24. The molecule has 0 spiro atoms. The second-order valence-electron chi connectivity index (χ2n) is 3.33. The summed E-state index contributed by atoms with van der Waals surface area (Å²) >= 11 is 7.60. The smallest absolute Gasteiger partial charge is 0.172 e. The zero-order valence-electron chi connectivity index (χ0n) is 8.57. The third-order valence-corrected chi connectivity index (χ3v) is 3.61. The van der Waals surface area contributed by atoms with E-state index in [1.54, 1.807) is 18.0 Å². The average molecular weight is 239 g/mol. The number of aromatic nitrogens is 2. The maximum absolute atomic E-state index is 5.96. The highest BCUT2D eigenvalue weighted by molar-refractivity contribution is 7.99. The van der Waals surface area contributed by atoms with Crippen molar-refractivity contribution in [3.8, 4) is 0 Å². The monoisotopic (exact) mass is 238 g/mol. The molecule has 0 bridgehead atoms. The Morgan fingerprint density at radius 3 is 2.80 bits per heavy atom. The molecule has 0 atom stereocenters. The van der Waals surface area contributed by atoms with Gasteiger partial charge in [0.2, 0.25) is 0 Å². The number of benzene rings is 1. The summed E-state index contributed by atoms with van der Waals surface area (Å²) in [6.45, 7) is 2.00. The first kappa shape index (κ1) is 10.6. The van der Waals surface area contributed by atoms with Crippen LogP contribution >= 0.6 is 23.4 Å². The minimum Gasteiger partial charge on any atom is -0.329 e. The van der Waals surface area contributed by atoms with E-state index in [0.717, 1.165) is 20.6 Å². The van der Waals surface area contributed by atoms with Crippen LogP contribution in [0.2, 0.25) is 5.02 Å². The fraction of sp³-hybridized carbons (Fsp3) is 0.182. The van der Waals surface area contributed by atoms with Gasteiger partial charge >= 0.3 is 0 Å². The number of rotatable bonds is 2. The molecule has 2 rings (SSSR count). The highest BCUT2D eigenvalue weighted by Gasteiger charge is 2.03. The lowest BCUT2D eigenvalue weighted by Crippen LogP contribution is -1.88. The summed E-state index contributed by atoms with van der Waals surface area (Å²) in [6, 6.07) is 6.00. The zero-order valence-corrected chi connectivity index (χ0v) is 10.1. The molecule has 4 heteroatoms. The predicted molar refractivity (Wildman–Crippen MR) is 63.5 cm³/mol. The van der Waals surface area contributed by atoms with E-state index in [0.29, 0.717) is 0 Å². The lowest BCUT2D eigenvalue weighted by molar-refractivity contribution is 0.790. The van der Waals surface area contributed by atoms with Crippen LogP contribution in [0.1, 0.15) is 5.56 Å². The van der Waals surface area contributed by atoms with E-state index in [1.807, 2.05) is 36.9 Å².